The predicted octanol–water partition coefficient (Wildman–Crippen LogP) is 3.62. The number of aromatic nitrogens is 1. The number of rotatable bonds is 8. The van der Waals surface area contributed by atoms with Gasteiger partial charge in [-0.1, -0.05) is 29.5 Å². The number of methoxy groups -OCH3 is 2. The van der Waals surface area contributed by atoms with Crippen molar-refractivity contribution >= 4 is 55.1 Å². The molecular formula is C27H25N3O7S2. The van der Waals surface area contributed by atoms with Crippen molar-refractivity contribution in [3.63, 3.8) is 0 Å². The van der Waals surface area contributed by atoms with Gasteiger partial charge in [0.15, 0.2) is 4.80 Å². The molecule has 12 heteroatoms. The SMILES string of the molecule is CCN(c1ccccc1)S(=O)(=O)c1ccc(C(=O)N=c2sc3cc(C(=O)OC)ccc3n2CC(=O)OC)cc1. The van der Waals surface area contributed by atoms with E-state index in [1.807, 2.05) is 0 Å². The molecule has 0 unspecified atom stereocenters. The first-order valence-corrected chi connectivity index (χ1v) is 14.0. The summed E-state index contributed by atoms with van der Waals surface area (Å²) >= 11 is 1.11. The molecule has 1 aromatic heterocycles. The number of para-hydroxylation sites is 1. The molecule has 202 valence electrons. The molecule has 3 aromatic carbocycles. The second-order valence-corrected chi connectivity index (χ2v) is 11.0. The molecule has 0 N–H and O–H groups in total. The topological polar surface area (TPSA) is 124 Å². The Labute approximate surface area is 228 Å². The van der Waals surface area contributed by atoms with E-state index >= 15 is 0 Å². The number of esters is 2. The molecule has 1 amide bonds. The molecule has 0 saturated heterocycles. The Morgan fingerprint density at radius 3 is 2.21 bits per heavy atom. The van der Waals surface area contributed by atoms with Crippen molar-refractivity contribution in [2.75, 3.05) is 25.1 Å². The quantitative estimate of drug-likeness (QED) is 0.298. The van der Waals surface area contributed by atoms with Crippen molar-refractivity contribution in [1.82, 2.24) is 4.57 Å². The molecule has 0 radical (unpaired) electrons. The Morgan fingerprint density at radius 1 is 0.923 bits per heavy atom. The fourth-order valence-electron chi connectivity index (χ4n) is 3.88. The first-order chi connectivity index (χ1) is 18.7. The number of carbonyl (C=O) groups excluding carboxylic acids is 3. The number of sulfonamides is 1. The van der Waals surface area contributed by atoms with Crippen LogP contribution in [0.1, 0.15) is 27.6 Å². The van der Waals surface area contributed by atoms with Gasteiger partial charge in [0.05, 0.1) is 40.6 Å². The molecule has 0 saturated carbocycles. The maximum atomic E-state index is 13.2. The van der Waals surface area contributed by atoms with Crippen LogP contribution in [-0.4, -0.2) is 51.6 Å². The fraction of sp³-hybridized carbons (Fsp3) is 0.185. The van der Waals surface area contributed by atoms with Gasteiger partial charge in [0, 0.05) is 12.1 Å². The number of carbonyl (C=O) groups is 3. The summed E-state index contributed by atoms with van der Waals surface area (Å²) < 4.78 is 39.5. The van der Waals surface area contributed by atoms with Crippen LogP contribution in [0, 0.1) is 0 Å². The molecule has 0 atom stereocenters. The number of hydrogen-bond donors (Lipinski definition) is 0. The number of hydrogen-bond acceptors (Lipinski definition) is 8. The Balaban J connectivity index is 1.70. The number of benzene rings is 3. The smallest absolute Gasteiger partial charge is 0.337 e. The lowest BCUT2D eigenvalue weighted by atomic mass is 10.2. The average molecular weight is 568 g/mol. The van der Waals surface area contributed by atoms with E-state index in [2.05, 4.69) is 4.99 Å². The van der Waals surface area contributed by atoms with E-state index in [1.165, 1.54) is 47.4 Å². The van der Waals surface area contributed by atoms with Crippen molar-refractivity contribution in [3.05, 3.63) is 88.7 Å². The van der Waals surface area contributed by atoms with E-state index in [4.69, 9.17) is 9.47 Å². The minimum atomic E-state index is -3.86. The maximum Gasteiger partial charge on any atom is 0.337 e. The molecule has 4 rings (SSSR count). The van der Waals surface area contributed by atoms with Gasteiger partial charge in [-0.3, -0.25) is 13.9 Å². The van der Waals surface area contributed by atoms with E-state index in [0.717, 1.165) is 11.3 Å². The zero-order chi connectivity index (χ0) is 28.2. The number of fused-ring (bicyclic) bond motifs is 1. The van der Waals surface area contributed by atoms with E-state index in [9.17, 15) is 22.8 Å². The third-order valence-electron chi connectivity index (χ3n) is 5.84. The van der Waals surface area contributed by atoms with Crippen LogP contribution >= 0.6 is 11.3 Å². The summed E-state index contributed by atoms with van der Waals surface area (Å²) in [7, 11) is -1.33. The van der Waals surface area contributed by atoms with Gasteiger partial charge >= 0.3 is 11.9 Å². The van der Waals surface area contributed by atoms with E-state index in [0.29, 0.717) is 21.5 Å². The molecule has 39 heavy (non-hydrogen) atoms. The molecule has 1 heterocycles. The maximum absolute atomic E-state index is 13.2. The molecule has 0 fully saturated rings. The van der Waals surface area contributed by atoms with Gasteiger partial charge < -0.3 is 14.0 Å². The lowest BCUT2D eigenvalue weighted by Gasteiger charge is -2.22. The van der Waals surface area contributed by atoms with Crippen molar-refractivity contribution in [3.8, 4) is 0 Å². The average Bonchev–Trinajstić information content (AvgIpc) is 3.28. The molecule has 0 aliphatic heterocycles. The molecule has 0 bridgehead atoms. The lowest BCUT2D eigenvalue weighted by Crippen LogP contribution is -2.30. The number of anilines is 1. The summed E-state index contributed by atoms with van der Waals surface area (Å²) in [5.74, 6) is -1.70. The highest BCUT2D eigenvalue weighted by Crippen LogP contribution is 2.24. The van der Waals surface area contributed by atoms with Crippen LogP contribution in [0.25, 0.3) is 10.2 Å². The molecule has 4 aromatic rings. The van der Waals surface area contributed by atoms with Crippen LogP contribution in [0.5, 0.6) is 0 Å². The van der Waals surface area contributed by atoms with Crippen molar-refractivity contribution in [1.29, 1.82) is 0 Å². The normalized spacial score (nSPS) is 11.8. The Kier molecular flexibility index (Phi) is 8.27. The summed E-state index contributed by atoms with van der Waals surface area (Å²) in [4.78, 5) is 41.5. The van der Waals surface area contributed by atoms with Gasteiger partial charge in [-0.2, -0.15) is 4.99 Å². The van der Waals surface area contributed by atoms with Gasteiger partial charge in [0.1, 0.15) is 6.54 Å². The van der Waals surface area contributed by atoms with Crippen molar-refractivity contribution in [2.45, 2.75) is 18.4 Å². The standard InChI is InChI=1S/C27H25N3O7S2/c1-4-30(20-8-6-5-7-9-20)39(34,35)21-13-10-18(11-14-21)25(32)28-27-29(17-24(31)36-2)22-15-12-19(26(33)37-3)16-23(22)38-27/h5-16H,4,17H2,1-3H3. The number of nitrogens with zero attached hydrogens (tertiary/aromatic N) is 3. The van der Waals surface area contributed by atoms with Gasteiger partial charge in [0.2, 0.25) is 0 Å². The summed E-state index contributed by atoms with van der Waals surface area (Å²) in [5.41, 5.74) is 1.58. The van der Waals surface area contributed by atoms with E-state index < -0.39 is 27.9 Å². The van der Waals surface area contributed by atoms with E-state index in [-0.39, 0.29) is 28.3 Å². The number of ether oxygens (including phenoxy) is 2. The number of thiazole rings is 1. The van der Waals surface area contributed by atoms with Crippen molar-refractivity contribution < 1.29 is 32.3 Å². The minimum absolute atomic E-state index is 0.0303. The van der Waals surface area contributed by atoms with Crippen molar-refractivity contribution in [2.24, 2.45) is 4.99 Å². The summed E-state index contributed by atoms with van der Waals surface area (Å²) in [5, 5.41) is 0. The van der Waals surface area contributed by atoms with Crippen LogP contribution in [0.2, 0.25) is 0 Å². The second-order valence-electron chi connectivity index (χ2n) is 8.17. The van der Waals surface area contributed by atoms with Crippen LogP contribution in [0.15, 0.2) is 82.7 Å². The van der Waals surface area contributed by atoms with Gasteiger partial charge in [-0.15, -0.1) is 0 Å². The first-order valence-electron chi connectivity index (χ1n) is 11.7. The molecular weight excluding hydrogens is 542 g/mol. The molecule has 10 nitrogen and oxygen atoms in total. The van der Waals surface area contributed by atoms with Gasteiger partial charge in [-0.05, 0) is 61.5 Å². The van der Waals surface area contributed by atoms with Crippen LogP contribution in [0.4, 0.5) is 5.69 Å². The summed E-state index contributed by atoms with van der Waals surface area (Å²) in [6, 6.07) is 19.0. The molecule has 0 spiro atoms. The lowest BCUT2D eigenvalue weighted by molar-refractivity contribution is -0.141. The zero-order valence-electron chi connectivity index (χ0n) is 21.4. The highest BCUT2D eigenvalue weighted by molar-refractivity contribution is 7.92. The molecule has 0 aliphatic carbocycles. The highest BCUT2D eigenvalue weighted by Gasteiger charge is 2.24. The van der Waals surface area contributed by atoms with Crippen LogP contribution in [-0.2, 0) is 30.8 Å². The third-order valence-corrected chi connectivity index (χ3v) is 8.79. The Morgan fingerprint density at radius 2 is 1.59 bits per heavy atom. The Hall–Kier alpha value is -4.29. The monoisotopic (exact) mass is 567 g/mol. The number of amides is 1. The zero-order valence-corrected chi connectivity index (χ0v) is 23.0. The first kappa shape index (κ1) is 27.7. The second kappa shape index (κ2) is 11.6. The largest absolute Gasteiger partial charge is 0.468 e. The molecule has 0 aliphatic rings. The van der Waals surface area contributed by atoms with Gasteiger partial charge in [0.25, 0.3) is 15.9 Å². The Bertz CT molecular complexity index is 1710. The summed E-state index contributed by atoms with van der Waals surface area (Å²) in [6.07, 6.45) is 0. The highest BCUT2D eigenvalue weighted by atomic mass is 32.2. The van der Waals surface area contributed by atoms with E-state index in [1.54, 1.807) is 55.5 Å². The van der Waals surface area contributed by atoms with Crippen LogP contribution in [0.3, 0.4) is 0 Å². The minimum Gasteiger partial charge on any atom is -0.468 e. The predicted molar refractivity (Wildman–Crippen MR) is 146 cm³/mol. The van der Waals surface area contributed by atoms with Gasteiger partial charge in [-0.25, -0.2) is 13.2 Å². The summed E-state index contributed by atoms with van der Waals surface area (Å²) in [6.45, 7) is 1.76. The van der Waals surface area contributed by atoms with Crippen LogP contribution < -0.4 is 9.11 Å². The third kappa shape index (κ3) is 5.76. The fourth-order valence-corrected chi connectivity index (χ4v) is 6.42.